The van der Waals surface area contributed by atoms with E-state index in [1.165, 1.54) is 32.4 Å². The number of rotatable bonds is 9. The Morgan fingerprint density at radius 2 is 2.27 bits per heavy atom. The zero-order valence-corrected chi connectivity index (χ0v) is 10.3. The highest BCUT2D eigenvalue weighted by Gasteiger charge is 2.25. The normalized spacial score (nSPS) is 18.1. The molecule has 88 valence electrons. The Bertz CT molecular complexity index is 175. The Labute approximate surface area is 94.7 Å². The van der Waals surface area contributed by atoms with E-state index in [2.05, 4.69) is 30.6 Å². The average molecular weight is 210 g/mol. The van der Waals surface area contributed by atoms with E-state index in [9.17, 15) is 0 Å². The van der Waals surface area contributed by atoms with Gasteiger partial charge < -0.3 is 5.32 Å². The van der Waals surface area contributed by atoms with Gasteiger partial charge in [0.05, 0.1) is 0 Å². The van der Waals surface area contributed by atoms with E-state index in [4.69, 9.17) is 0 Å². The van der Waals surface area contributed by atoms with Crippen molar-refractivity contribution in [1.82, 2.24) is 10.2 Å². The molecule has 1 unspecified atom stereocenters. The topological polar surface area (TPSA) is 15.3 Å². The lowest BCUT2D eigenvalue weighted by Gasteiger charge is -2.29. The van der Waals surface area contributed by atoms with Crippen molar-refractivity contribution < 1.29 is 0 Å². The molecule has 1 aliphatic carbocycles. The first-order chi connectivity index (χ1) is 7.27. The van der Waals surface area contributed by atoms with Gasteiger partial charge in [-0.1, -0.05) is 13.0 Å². The van der Waals surface area contributed by atoms with Crippen molar-refractivity contribution in [2.24, 2.45) is 5.92 Å². The third kappa shape index (κ3) is 5.33. The summed E-state index contributed by atoms with van der Waals surface area (Å²) in [6.45, 7) is 12.9. The monoisotopic (exact) mass is 210 g/mol. The van der Waals surface area contributed by atoms with E-state index < -0.39 is 0 Å². The molecular formula is C13H26N2. The first kappa shape index (κ1) is 12.7. The van der Waals surface area contributed by atoms with E-state index in [1.807, 2.05) is 6.08 Å². The van der Waals surface area contributed by atoms with Crippen LogP contribution in [0.5, 0.6) is 0 Å². The summed E-state index contributed by atoms with van der Waals surface area (Å²) in [4.78, 5) is 2.63. The summed E-state index contributed by atoms with van der Waals surface area (Å²) < 4.78 is 0. The van der Waals surface area contributed by atoms with Gasteiger partial charge in [-0.25, -0.2) is 0 Å². The highest BCUT2D eigenvalue weighted by atomic mass is 15.2. The third-order valence-corrected chi connectivity index (χ3v) is 3.05. The summed E-state index contributed by atoms with van der Waals surface area (Å²) in [7, 11) is 0. The fourth-order valence-corrected chi connectivity index (χ4v) is 1.93. The molecule has 0 aromatic carbocycles. The van der Waals surface area contributed by atoms with Crippen molar-refractivity contribution in [3.05, 3.63) is 12.7 Å². The minimum absolute atomic E-state index is 0.658. The summed E-state index contributed by atoms with van der Waals surface area (Å²) in [6.07, 6.45) is 6.09. The van der Waals surface area contributed by atoms with Gasteiger partial charge in [0.1, 0.15) is 0 Å². The standard InChI is InChI=1S/C13H26N2/c1-4-8-14-10-12(3)15(9-5-2)11-13-6-7-13/h4,12-14H,1,5-11H2,2-3H3. The zero-order chi connectivity index (χ0) is 11.1. The summed E-state index contributed by atoms with van der Waals surface area (Å²) in [5, 5.41) is 3.41. The third-order valence-electron chi connectivity index (χ3n) is 3.05. The maximum absolute atomic E-state index is 3.72. The van der Waals surface area contributed by atoms with Crippen molar-refractivity contribution in [2.45, 2.75) is 39.2 Å². The smallest absolute Gasteiger partial charge is 0.0192 e. The molecule has 0 heterocycles. The van der Waals surface area contributed by atoms with Crippen LogP contribution in [0.15, 0.2) is 12.7 Å². The van der Waals surface area contributed by atoms with Crippen LogP contribution in [-0.4, -0.2) is 37.1 Å². The molecule has 0 aliphatic heterocycles. The van der Waals surface area contributed by atoms with Crippen molar-refractivity contribution in [2.75, 3.05) is 26.2 Å². The van der Waals surface area contributed by atoms with Crippen molar-refractivity contribution in [3.63, 3.8) is 0 Å². The SMILES string of the molecule is C=CCNCC(C)N(CCC)CC1CC1. The number of nitrogens with one attached hydrogen (secondary N) is 1. The summed E-state index contributed by atoms with van der Waals surface area (Å²) in [5.74, 6) is 0.999. The van der Waals surface area contributed by atoms with Gasteiger partial charge >= 0.3 is 0 Å². The highest BCUT2D eigenvalue weighted by molar-refractivity contribution is 4.81. The van der Waals surface area contributed by atoms with Gasteiger partial charge in [0.15, 0.2) is 0 Å². The molecule has 0 saturated heterocycles. The molecular weight excluding hydrogens is 184 g/mol. The summed E-state index contributed by atoms with van der Waals surface area (Å²) in [5.41, 5.74) is 0. The Kier molecular flexibility index (Phi) is 5.96. The molecule has 0 radical (unpaired) electrons. The van der Waals surface area contributed by atoms with Gasteiger partial charge in [-0.15, -0.1) is 6.58 Å². The molecule has 15 heavy (non-hydrogen) atoms. The van der Waals surface area contributed by atoms with Crippen molar-refractivity contribution in [3.8, 4) is 0 Å². The van der Waals surface area contributed by atoms with Crippen LogP contribution in [0.25, 0.3) is 0 Å². The largest absolute Gasteiger partial charge is 0.312 e. The van der Waals surface area contributed by atoms with Gasteiger partial charge in [0.25, 0.3) is 0 Å². The quantitative estimate of drug-likeness (QED) is 0.464. The molecule has 1 atom stereocenters. The Hall–Kier alpha value is -0.340. The van der Waals surface area contributed by atoms with E-state index in [1.54, 1.807) is 0 Å². The van der Waals surface area contributed by atoms with Crippen LogP contribution >= 0.6 is 0 Å². The molecule has 0 aromatic heterocycles. The zero-order valence-electron chi connectivity index (χ0n) is 10.3. The van der Waals surface area contributed by atoms with E-state index in [-0.39, 0.29) is 0 Å². The first-order valence-corrected chi connectivity index (χ1v) is 6.33. The first-order valence-electron chi connectivity index (χ1n) is 6.33. The fourth-order valence-electron chi connectivity index (χ4n) is 1.93. The molecule has 1 aliphatic rings. The molecule has 1 N–H and O–H groups in total. The lowest BCUT2D eigenvalue weighted by Crippen LogP contribution is -2.42. The Morgan fingerprint density at radius 3 is 2.80 bits per heavy atom. The molecule has 2 nitrogen and oxygen atoms in total. The second-order valence-corrected chi connectivity index (χ2v) is 4.73. The second-order valence-electron chi connectivity index (χ2n) is 4.73. The minimum atomic E-state index is 0.658. The number of hydrogen-bond donors (Lipinski definition) is 1. The second kappa shape index (κ2) is 7.02. The average Bonchev–Trinajstić information content (AvgIpc) is 3.01. The van der Waals surface area contributed by atoms with Crippen LogP contribution in [0.1, 0.15) is 33.1 Å². The molecule has 0 aromatic rings. The van der Waals surface area contributed by atoms with Gasteiger partial charge in [-0.3, -0.25) is 4.90 Å². The Balaban J connectivity index is 2.21. The molecule has 1 fully saturated rings. The summed E-state index contributed by atoms with van der Waals surface area (Å²) in [6, 6.07) is 0.658. The van der Waals surface area contributed by atoms with Gasteiger partial charge in [-0.05, 0) is 38.6 Å². The molecule has 0 bridgehead atoms. The van der Waals surface area contributed by atoms with E-state index in [0.717, 1.165) is 19.0 Å². The summed E-state index contributed by atoms with van der Waals surface area (Å²) >= 11 is 0. The van der Waals surface area contributed by atoms with Gasteiger partial charge in [-0.2, -0.15) is 0 Å². The number of nitrogens with zero attached hydrogens (tertiary/aromatic N) is 1. The van der Waals surface area contributed by atoms with Crippen molar-refractivity contribution >= 4 is 0 Å². The number of hydrogen-bond acceptors (Lipinski definition) is 2. The van der Waals surface area contributed by atoms with Crippen LogP contribution in [-0.2, 0) is 0 Å². The molecule has 0 spiro atoms. The van der Waals surface area contributed by atoms with Crippen LogP contribution in [0.4, 0.5) is 0 Å². The minimum Gasteiger partial charge on any atom is -0.312 e. The van der Waals surface area contributed by atoms with Crippen LogP contribution in [0, 0.1) is 5.92 Å². The molecule has 2 heteroatoms. The molecule has 0 amide bonds. The van der Waals surface area contributed by atoms with E-state index >= 15 is 0 Å². The highest BCUT2D eigenvalue weighted by Crippen LogP contribution is 2.30. The maximum atomic E-state index is 3.72. The Morgan fingerprint density at radius 1 is 1.53 bits per heavy atom. The maximum Gasteiger partial charge on any atom is 0.0192 e. The van der Waals surface area contributed by atoms with Gasteiger partial charge in [0.2, 0.25) is 0 Å². The molecule has 1 rings (SSSR count). The molecule has 1 saturated carbocycles. The lowest BCUT2D eigenvalue weighted by molar-refractivity contribution is 0.197. The van der Waals surface area contributed by atoms with Gasteiger partial charge in [0, 0.05) is 25.7 Å². The van der Waals surface area contributed by atoms with E-state index in [0.29, 0.717) is 6.04 Å². The van der Waals surface area contributed by atoms with Crippen LogP contribution in [0.2, 0.25) is 0 Å². The predicted octanol–water partition coefficient (Wildman–Crippen LogP) is 2.27. The van der Waals surface area contributed by atoms with Crippen molar-refractivity contribution in [1.29, 1.82) is 0 Å². The van der Waals surface area contributed by atoms with Crippen LogP contribution in [0.3, 0.4) is 0 Å². The van der Waals surface area contributed by atoms with Crippen LogP contribution < -0.4 is 5.32 Å². The lowest BCUT2D eigenvalue weighted by atomic mass is 10.2. The fraction of sp³-hybridized carbons (Fsp3) is 0.846. The predicted molar refractivity (Wildman–Crippen MR) is 67.1 cm³/mol.